The Kier molecular flexibility index (Phi) is 5.66. The van der Waals surface area contributed by atoms with E-state index in [-0.39, 0.29) is 11.9 Å². The fourth-order valence-corrected chi connectivity index (χ4v) is 2.60. The number of amides is 1. The molecular formula is C17H17Cl2NO. The maximum atomic E-state index is 12.3. The number of benzene rings is 2. The van der Waals surface area contributed by atoms with E-state index in [1.54, 1.807) is 18.2 Å². The first-order valence-electron chi connectivity index (χ1n) is 6.77. The summed E-state index contributed by atoms with van der Waals surface area (Å²) in [7, 11) is 0. The van der Waals surface area contributed by atoms with Crippen molar-refractivity contribution in [2.45, 2.75) is 19.4 Å². The van der Waals surface area contributed by atoms with Crippen LogP contribution in [0.5, 0.6) is 0 Å². The lowest BCUT2D eigenvalue weighted by atomic mass is 10.1. The molecule has 1 atom stereocenters. The molecule has 1 unspecified atom stereocenters. The Morgan fingerprint density at radius 2 is 1.90 bits per heavy atom. The van der Waals surface area contributed by atoms with Crippen molar-refractivity contribution in [3.05, 3.63) is 70.2 Å². The molecule has 0 aromatic heterocycles. The van der Waals surface area contributed by atoms with Gasteiger partial charge in [0.25, 0.3) is 5.91 Å². The molecular weight excluding hydrogens is 305 g/mol. The number of rotatable bonds is 5. The van der Waals surface area contributed by atoms with Crippen molar-refractivity contribution in [1.29, 1.82) is 0 Å². The third-order valence-electron chi connectivity index (χ3n) is 3.28. The number of hydrogen-bond acceptors (Lipinski definition) is 1. The summed E-state index contributed by atoms with van der Waals surface area (Å²) in [5.74, 6) is 0.249. The highest BCUT2D eigenvalue weighted by Gasteiger charge is 2.15. The zero-order valence-corrected chi connectivity index (χ0v) is 13.3. The first-order valence-corrected chi connectivity index (χ1v) is 7.68. The molecule has 0 spiro atoms. The van der Waals surface area contributed by atoms with Crippen LogP contribution in [0, 0.1) is 6.92 Å². The number of hydrogen-bond donors (Lipinski definition) is 1. The second-order valence-electron chi connectivity index (χ2n) is 4.97. The second kappa shape index (κ2) is 7.48. The molecule has 1 amide bonds. The highest BCUT2D eigenvalue weighted by Crippen LogP contribution is 2.15. The first kappa shape index (κ1) is 15.9. The highest BCUT2D eigenvalue weighted by molar-refractivity contribution is 6.30. The average Bonchev–Trinajstić information content (AvgIpc) is 2.47. The molecule has 0 saturated heterocycles. The monoisotopic (exact) mass is 321 g/mol. The number of aryl methyl sites for hydroxylation is 1. The molecule has 2 rings (SSSR count). The summed E-state index contributed by atoms with van der Waals surface area (Å²) in [6.45, 7) is 1.87. The van der Waals surface area contributed by atoms with Gasteiger partial charge in [0, 0.05) is 22.5 Å². The van der Waals surface area contributed by atoms with Crippen molar-refractivity contribution in [1.82, 2.24) is 5.32 Å². The van der Waals surface area contributed by atoms with Gasteiger partial charge in [-0.3, -0.25) is 4.79 Å². The van der Waals surface area contributed by atoms with Gasteiger partial charge < -0.3 is 5.32 Å². The third-order valence-corrected chi connectivity index (χ3v) is 3.89. The topological polar surface area (TPSA) is 29.1 Å². The molecule has 2 nitrogen and oxygen atoms in total. The predicted molar refractivity (Wildman–Crippen MR) is 88.3 cm³/mol. The maximum Gasteiger partial charge on any atom is 0.251 e. The molecule has 1 N–H and O–H groups in total. The van der Waals surface area contributed by atoms with Gasteiger partial charge in [0.2, 0.25) is 0 Å². The minimum atomic E-state index is -0.120. The zero-order chi connectivity index (χ0) is 15.2. The molecule has 0 fully saturated rings. The van der Waals surface area contributed by atoms with Gasteiger partial charge >= 0.3 is 0 Å². The van der Waals surface area contributed by atoms with E-state index >= 15 is 0 Å². The van der Waals surface area contributed by atoms with E-state index in [1.165, 1.54) is 0 Å². The molecule has 0 aliphatic carbocycles. The molecule has 21 heavy (non-hydrogen) atoms. The van der Waals surface area contributed by atoms with Crippen LogP contribution in [-0.4, -0.2) is 17.8 Å². The molecule has 2 aromatic carbocycles. The van der Waals surface area contributed by atoms with Crippen LogP contribution in [0.15, 0.2) is 48.5 Å². The lowest BCUT2D eigenvalue weighted by molar-refractivity contribution is 0.0940. The molecule has 4 heteroatoms. The van der Waals surface area contributed by atoms with Crippen molar-refractivity contribution in [2.75, 3.05) is 5.88 Å². The second-order valence-corrected chi connectivity index (χ2v) is 5.72. The SMILES string of the molecule is Cc1cc(Cl)ccc1C(=O)NC(CCl)Cc1ccccc1. The van der Waals surface area contributed by atoms with Gasteiger partial charge in [0.05, 0.1) is 0 Å². The van der Waals surface area contributed by atoms with Gasteiger partial charge in [-0.15, -0.1) is 11.6 Å². The lowest BCUT2D eigenvalue weighted by Gasteiger charge is -2.17. The summed E-state index contributed by atoms with van der Waals surface area (Å²) in [5, 5.41) is 3.60. The predicted octanol–water partition coefficient (Wildman–Crippen LogP) is 4.23. The number of alkyl halides is 1. The van der Waals surface area contributed by atoms with Crippen LogP contribution in [0.1, 0.15) is 21.5 Å². The van der Waals surface area contributed by atoms with E-state index in [2.05, 4.69) is 5.32 Å². The largest absolute Gasteiger partial charge is 0.348 e. The minimum Gasteiger partial charge on any atom is -0.348 e. The number of carbonyl (C=O) groups excluding carboxylic acids is 1. The number of carbonyl (C=O) groups is 1. The van der Waals surface area contributed by atoms with Crippen molar-refractivity contribution in [3.8, 4) is 0 Å². The van der Waals surface area contributed by atoms with Gasteiger partial charge in [-0.25, -0.2) is 0 Å². The van der Waals surface area contributed by atoms with E-state index < -0.39 is 0 Å². The Balaban J connectivity index is 2.06. The molecule has 0 radical (unpaired) electrons. The van der Waals surface area contributed by atoms with Crippen LogP contribution < -0.4 is 5.32 Å². The van der Waals surface area contributed by atoms with Gasteiger partial charge in [-0.1, -0.05) is 41.9 Å². The van der Waals surface area contributed by atoms with Crippen LogP contribution in [0.3, 0.4) is 0 Å². The molecule has 0 heterocycles. The van der Waals surface area contributed by atoms with E-state index in [9.17, 15) is 4.79 Å². The van der Waals surface area contributed by atoms with Crippen molar-refractivity contribution in [2.24, 2.45) is 0 Å². The van der Waals surface area contributed by atoms with Crippen LogP contribution >= 0.6 is 23.2 Å². The average molecular weight is 322 g/mol. The fraction of sp³-hybridized carbons (Fsp3) is 0.235. The summed E-state index contributed by atoms with van der Waals surface area (Å²) in [4.78, 5) is 12.3. The van der Waals surface area contributed by atoms with Crippen LogP contribution in [-0.2, 0) is 6.42 Å². The van der Waals surface area contributed by atoms with Crippen LogP contribution in [0.25, 0.3) is 0 Å². The van der Waals surface area contributed by atoms with Crippen LogP contribution in [0.4, 0.5) is 0 Å². The van der Waals surface area contributed by atoms with Crippen molar-refractivity contribution < 1.29 is 4.79 Å². The van der Waals surface area contributed by atoms with Gasteiger partial charge in [0.15, 0.2) is 0 Å². The fourth-order valence-electron chi connectivity index (χ4n) is 2.19. The normalized spacial score (nSPS) is 12.0. The Labute approximate surface area is 135 Å². The van der Waals surface area contributed by atoms with Crippen molar-refractivity contribution in [3.63, 3.8) is 0 Å². The Morgan fingerprint density at radius 3 is 2.52 bits per heavy atom. The molecule has 2 aromatic rings. The number of halogens is 2. The summed E-state index contributed by atoms with van der Waals surface area (Å²) < 4.78 is 0. The van der Waals surface area contributed by atoms with Crippen LogP contribution in [0.2, 0.25) is 5.02 Å². The van der Waals surface area contributed by atoms with E-state index in [4.69, 9.17) is 23.2 Å². The Hall–Kier alpha value is -1.51. The molecule has 110 valence electrons. The van der Waals surface area contributed by atoms with Gasteiger partial charge in [-0.05, 0) is 42.7 Å². The smallest absolute Gasteiger partial charge is 0.251 e. The standard InChI is InChI=1S/C17H17Cl2NO/c1-12-9-14(19)7-8-16(12)17(21)20-15(11-18)10-13-5-3-2-4-6-13/h2-9,15H,10-11H2,1H3,(H,20,21). The molecule has 0 aliphatic heterocycles. The highest BCUT2D eigenvalue weighted by atomic mass is 35.5. The molecule has 0 bridgehead atoms. The van der Waals surface area contributed by atoms with E-state index in [0.29, 0.717) is 22.9 Å². The molecule has 0 saturated carbocycles. The van der Waals surface area contributed by atoms with Gasteiger partial charge in [-0.2, -0.15) is 0 Å². The quantitative estimate of drug-likeness (QED) is 0.820. The zero-order valence-electron chi connectivity index (χ0n) is 11.8. The maximum absolute atomic E-state index is 12.3. The van der Waals surface area contributed by atoms with Crippen molar-refractivity contribution >= 4 is 29.1 Å². The summed E-state index contributed by atoms with van der Waals surface area (Å²) >= 11 is 11.9. The van der Waals surface area contributed by atoms with E-state index in [0.717, 1.165) is 11.1 Å². The van der Waals surface area contributed by atoms with E-state index in [1.807, 2.05) is 37.3 Å². The summed E-state index contributed by atoms with van der Waals surface area (Å²) in [6.07, 6.45) is 0.711. The number of nitrogens with one attached hydrogen (secondary N) is 1. The lowest BCUT2D eigenvalue weighted by Crippen LogP contribution is -2.38. The molecule has 0 aliphatic rings. The summed E-state index contributed by atoms with van der Waals surface area (Å²) in [6, 6.07) is 15.1. The minimum absolute atomic E-state index is 0.100. The van der Waals surface area contributed by atoms with Gasteiger partial charge in [0.1, 0.15) is 0 Å². The third kappa shape index (κ3) is 4.48. The Morgan fingerprint density at radius 1 is 1.19 bits per heavy atom. The summed E-state index contributed by atoms with van der Waals surface area (Å²) in [5.41, 5.74) is 2.63. The first-order chi connectivity index (χ1) is 10.1. The Bertz CT molecular complexity index is 613.